The van der Waals surface area contributed by atoms with Gasteiger partial charge in [0.05, 0.1) is 22.8 Å². The van der Waals surface area contributed by atoms with Crippen LogP contribution in [-0.4, -0.2) is 35.3 Å². The van der Waals surface area contributed by atoms with E-state index in [-0.39, 0.29) is 77.6 Å². The van der Waals surface area contributed by atoms with E-state index >= 15 is 0 Å². The first-order valence-electron chi connectivity index (χ1n) is 17.6. The van der Waals surface area contributed by atoms with Crippen LogP contribution in [-0.2, 0) is 38.0 Å². The minimum Gasteiger partial charge on any atom is -0.497 e. The van der Waals surface area contributed by atoms with Gasteiger partial charge in [-0.3, -0.25) is 19.5 Å². The van der Waals surface area contributed by atoms with Gasteiger partial charge in [0.1, 0.15) is 17.2 Å². The summed E-state index contributed by atoms with van der Waals surface area (Å²) < 4.78 is 12.3. The van der Waals surface area contributed by atoms with Crippen molar-refractivity contribution in [3.05, 3.63) is 121 Å². The van der Waals surface area contributed by atoms with Gasteiger partial charge in [-0.05, 0) is 89.9 Å². The fraction of sp³-hybridized carbons (Fsp3) is 0.293. The summed E-state index contributed by atoms with van der Waals surface area (Å²) in [6.07, 6.45) is 1.86. The van der Waals surface area contributed by atoms with Crippen LogP contribution < -0.4 is 25.7 Å². The van der Waals surface area contributed by atoms with Gasteiger partial charge in [-0.15, -0.1) is 5.11 Å². The largest absolute Gasteiger partial charge is 0.497 e. The van der Waals surface area contributed by atoms with Gasteiger partial charge in [0, 0.05) is 44.2 Å². The molecule has 5 rings (SSSR count). The Labute approximate surface area is 356 Å². The molecule has 0 fully saturated rings. The second-order valence-electron chi connectivity index (χ2n) is 14.1. The summed E-state index contributed by atoms with van der Waals surface area (Å²) in [6.45, 7) is 12.8. The number of rotatable bonds is 14. The molecule has 0 saturated carbocycles. The minimum atomic E-state index is -0.700. The molecule has 15 heteroatoms. The van der Waals surface area contributed by atoms with Gasteiger partial charge in [0.15, 0.2) is 18.1 Å². The standard InChI is InChI=1S/C41H43Cl3N6O5.Ag/c1-8-40(3,4)25-13-18-33(30(20-25)41(5,6)9-2)55-23-34(51)45-28-12-10-11-24(19-28)38(52)46-37-35(48-47-27-14-16-29(54-7)17-15-27)39(53)50(49-37)36-31(43)21-26(42)22-32(36)44;/h10-22,49H,8-9,23H2,1-7H3,(H,45,51)(H,46,52);. The smallest absolute Gasteiger partial charge is 0.301 e. The minimum absolute atomic E-state index is 0. The van der Waals surface area contributed by atoms with E-state index in [2.05, 4.69) is 79.6 Å². The van der Waals surface area contributed by atoms with Crippen LogP contribution in [0.5, 0.6) is 11.5 Å². The SMILES string of the molecule is CCC(C)(C)c1ccc(OCC(=O)Nc2cccc(C(=O)Nc3[nH]n(-c4c(Cl)cc(Cl)cc4Cl)c(=O)c3N=Nc3ccc(OC)cc3)c2)c(C(C)(C)CC)c1.[Ag]. The number of ether oxygens (including phenoxy) is 2. The molecular formula is C41H43AgCl3N6O5. The Balaban J connectivity index is 0.00000696. The van der Waals surface area contributed by atoms with Crippen molar-refractivity contribution in [2.75, 3.05) is 24.4 Å². The monoisotopic (exact) mass is 911 g/mol. The van der Waals surface area contributed by atoms with Gasteiger partial charge >= 0.3 is 5.56 Å². The van der Waals surface area contributed by atoms with Crippen molar-refractivity contribution in [1.29, 1.82) is 0 Å². The van der Waals surface area contributed by atoms with Crippen molar-refractivity contribution in [2.45, 2.75) is 65.2 Å². The molecule has 1 aromatic heterocycles. The number of carbonyl (C=O) groups is 2. The van der Waals surface area contributed by atoms with E-state index in [0.29, 0.717) is 22.9 Å². The topological polar surface area (TPSA) is 139 Å². The van der Waals surface area contributed by atoms with Crippen LogP contribution in [0.2, 0.25) is 15.1 Å². The summed E-state index contributed by atoms with van der Waals surface area (Å²) in [4.78, 5) is 40.5. The number of H-pyrrole nitrogens is 1. The van der Waals surface area contributed by atoms with Gasteiger partial charge < -0.3 is 20.1 Å². The van der Waals surface area contributed by atoms with Gasteiger partial charge in [-0.25, -0.2) is 4.68 Å². The predicted molar refractivity (Wildman–Crippen MR) is 220 cm³/mol. The van der Waals surface area contributed by atoms with Crippen LogP contribution in [0.4, 0.5) is 22.9 Å². The summed E-state index contributed by atoms with van der Waals surface area (Å²) in [5.41, 5.74) is 2.18. The maximum absolute atomic E-state index is 13.7. The molecule has 0 spiro atoms. The predicted octanol–water partition coefficient (Wildman–Crippen LogP) is 11.2. The van der Waals surface area contributed by atoms with Crippen LogP contribution in [0.15, 0.2) is 93.9 Å². The molecule has 0 atom stereocenters. The maximum Gasteiger partial charge on any atom is 0.301 e. The Kier molecular flexibility index (Phi) is 14.8. The quantitative estimate of drug-likeness (QED) is 0.0752. The molecule has 3 N–H and O–H groups in total. The zero-order valence-electron chi connectivity index (χ0n) is 31.9. The molecule has 11 nitrogen and oxygen atoms in total. The van der Waals surface area contributed by atoms with Crippen molar-refractivity contribution in [2.24, 2.45) is 10.2 Å². The van der Waals surface area contributed by atoms with Crippen molar-refractivity contribution in [1.82, 2.24) is 9.78 Å². The Morgan fingerprint density at radius 3 is 2.12 bits per heavy atom. The van der Waals surface area contributed by atoms with E-state index in [0.717, 1.165) is 23.1 Å². The zero-order valence-corrected chi connectivity index (χ0v) is 35.7. The number of anilines is 2. The number of hydrogen-bond acceptors (Lipinski definition) is 7. The average Bonchev–Trinajstić information content (AvgIpc) is 3.45. The van der Waals surface area contributed by atoms with Crippen molar-refractivity contribution < 1.29 is 41.4 Å². The Morgan fingerprint density at radius 1 is 0.839 bits per heavy atom. The van der Waals surface area contributed by atoms with Gasteiger partial charge in [-0.2, -0.15) is 5.11 Å². The third-order valence-corrected chi connectivity index (χ3v) is 10.5. The molecular weight excluding hydrogens is 871 g/mol. The molecule has 5 aromatic rings. The van der Waals surface area contributed by atoms with Crippen LogP contribution in [0.25, 0.3) is 5.69 Å². The molecule has 0 aliphatic rings. The van der Waals surface area contributed by atoms with Gasteiger partial charge in [0.25, 0.3) is 11.8 Å². The first kappa shape index (κ1) is 44.4. The summed E-state index contributed by atoms with van der Waals surface area (Å²) in [7, 11) is 1.54. The third kappa shape index (κ3) is 10.3. The number of aromatic nitrogens is 2. The molecule has 2 amide bonds. The number of amides is 2. The number of azo groups is 1. The first-order chi connectivity index (χ1) is 26.1. The van der Waals surface area contributed by atoms with E-state index in [4.69, 9.17) is 44.3 Å². The average molecular weight is 914 g/mol. The number of hydrogen-bond donors (Lipinski definition) is 3. The zero-order chi connectivity index (χ0) is 40.1. The number of methoxy groups -OCH3 is 1. The molecule has 1 radical (unpaired) electrons. The molecule has 299 valence electrons. The van der Waals surface area contributed by atoms with Gasteiger partial charge in [-0.1, -0.05) is 94.5 Å². The van der Waals surface area contributed by atoms with Crippen LogP contribution in [0.3, 0.4) is 0 Å². The summed E-state index contributed by atoms with van der Waals surface area (Å²) in [5, 5.41) is 17.1. The number of halogens is 3. The van der Waals surface area contributed by atoms with Crippen molar-refractivity contribution >= 4 is 69.5 Å². The number of nitrogens with zero attached hydrogens (tertiary/aromatic N) is 3. The van der Waals surface area contributed by atoms with E-state index in [9.17, 15) is 14.4 Å². The van der Waals surface area contributed by atoms with E-state index < -0.39 is 17.4 Å². The molecule has 0 unspecified atom stereocenters. The Hall–Kier alpha value is -4.36. The van der Waals surface area contributed by atoms with Gasteiger partial charge in [0.2, 0.25) is 0 Å². The van der Waals surface area contributed by atoms with Crippen LogP contribution in [0, 0.1) is 0 Å². The first-order valence-corrected chi connectivity index (χ1v) is 18.7. The number of nitrogens with one attached hydrogen (secondary N) is 3. The second-order valence-corrected chi connectivity index (χ2v) is 15.4. The number of aromatic amines is 1. The third-order valence-electron chi connectivity index (χ3n) is 9.67. The molecule has 4 aromatic carbocycles. The number of carbonyl (C=O) groups excluding carboxylic acids is 2. The van der Waals surface area contributed by atoms with E-state index in [1.807, 2.05) is 6.07 Å². The molecule has 0 aliphatic carbocycles. The molecule has 56 heavy (non-hydrogen) atoms. The fourth-order valence-corrected chi connectivity index (χ4v) is 6.52. The summed E-state index contributed by atoms with van der Waals surface area (Å²) in [5.74, 6) is 0.149. The normalized spacial score (nSPS) is 11.6. The summed E-state index contributed by atoms with van der Waals surface area (Å²) >= 11 is 19.0. The Bertz CT molecular complexity index is 2280. The number of benzene rings is 4. The van der Waals surface area contributed by atoms with E-state index in [1.54, 1.807) is 42.5 Å². The second kappa shape index (κ2) is 18.7. The van der Waals surface area contributed by atoms with E-state index in [1.165, 1.54) is 30.9 Å². The van der Waals surface area contributed by atoms with Crippen molar-refractivity contribution in [3.63, 3.8) is 0 Å². The molecule has 0 bridgehead atoms. The summed E-state index contributed by atoms with van der Waals surface area (Å²) in [6, 6.07) is 22.0. The maximum atomic E-state index is 13.7. The van der Waals surface area contributed by atoms with Crippen molar-refractivity contribution in [3.8, 4) is 17.2 Å². The fourth-order valence-electron chi connectivity index (χ4n) is 5.54. The molecule has 1 heterocycles. The Morgan fingerprint density at radius 2 is 1.50 bits per heavy atom. The van der Waals surface area contributed by atoms with Crippen LogP contribution in [0.1, 0.15) is 75.9 Å². The van der Waals surface area contributed by atoms with Crippen LogP contribution >= 0.6 is 34.8 Å². The molecule has 0 aliphatic heterocycles. The molecule has 0 saturated heterocycles.